The zero-order valence-corrected chi connectivity index (χ0v) is 8.13. The number of hydrogen-bond acceptors (Lipinski definition) is 5. The Balaban J connectivity index is 2.04. The molecule has 0 fully saturated rings. The van der Waals surface area contributed by atoms with Gasteiger partial charge in [0.25, 0.3) is 0 Å². The third-order valence-electron chi connectivity index (χ3n) is 1.78. The van der Waals surface area contributed by atoms with Crippen LogP contribution in [0, 0.1) is 0 Å². The van der Waals surface area contributed by atoms with Crippen LogP contribution in [0.25, 0.3) is 0 Å². The molecule has 0 radical (unpaired) electrons. The summed E-state index contributed by atoms with van der Waals surface area (Å²) >= 11 is 1.39. The van der Waals surface area contributed by atoms with Crippen LogP contribution in [0.5, 0.6) is 0 Å². The van der Waals surface area contributed by atoms with Crippen LogP contribution in [0.1, 0.15) is 6.92 Å². The summed E-state index contributed by atoms with van der Waals surface area (Å²) in [5.41, 5.74) is 0. The molecule has 13 heavy (non-hydrogen) atoms. The summed E-state index contributed by atoms with van der Waals surface area (Å²) in [7, 11) is 0. The standard InChI is InChI=1S/C8H10N2O2S/c1-2-12-7(11)6-5-10-4-3-9-8(10)13-6/h5H,2-4H2,1H3. The van der Waals surface area contributed by atoms with Gasteiger partial charge in [-0.05, 0) is 18.7 Å². The number of hydrogen-bond donors (Lipinski definition) is 0. The molecule has 0 aromatic heterocycles. The predicted molar refractivity (Wildman–Crippen MR) is 51.3 cm³/mol. The van der Waals surface area contributed by atoms with Crippen LogP contribution in [-0.2, 0) is 9.53 Å². The quantitative estimate of drug-likeness (QED) is 0.616. The molecule has 0 aliphatic carbocycles. The molecule has 2 aliphatic rings. The first kappa shape index (κ1) is 8.62. The number of amidine groups is 1. The number of thioether (sulfide) groups is 1. The van der Waals surface area contributed by atoms with E-state index in [2.05, 4.69) is 4.99 Å². The van der Waals surface area contributed by atoms with Crippen LogP contribution in [0.2, 0.25) is 0 Å². The summed E-state index contributed by atoms with van der Waals surface area (Å²) < 4.78 is 4.88. The Morgan fingerprint density at radius 3 is 3.38 bits per heavy atom. The van der Waals surface area contributed by atoms with E-state index >= 15 is 0 Å². The second-order valence-electron chi connectivity index (χ2n) is 2.67. The van der Waals surface area contributed by atoms with Crippen LogP contribution in [0.15, 0.2) is 16.1 Å². The highest BCUT2D eigenvalue weighted by molar-refractivity contribution is 8.18. The summed E-state index contributed by atoms with van der Waals surface area (Å²) in [6.45, 7) is 3.93. The third kappa shape index (κ3) is 1.56. The topological polar surface area (TPSA) is 41.9 Å². The number of fused-ring (bicyclic) bond motifs is 1. The van der Waals surface area contributed by atoms with Crippen LogP contribution in [0.3, 0.4) is 0 Å². The fraction of sp³-hybridized carbons (Fsp3) is 0.500. The van der Waals surface area contributed by atoms with E-state index in [9.17, 15) is 4.79 Å². The Morgan fingerprint density at radius 2 is 2.69 bits per heavy atom. The molecule has 5 heteroatoms. The first-order valence-corrected chi connectivity index (χ1v) is 5.01. The van der Waals surface area contributed by atoms with Crippen LogP contribution >= 0.6 is 11.8 Å². The molecule has 0 saturated carbocycles. The summed E-state index contributed by atoms with van der Waals surface area (Å²) in [5.74, 6) is -0.246. The highest BCUT2D eigenvalue weighted by Crippen LogP contribution is 2.31. The van der Waals surface area contributed by atoms with Gasteiger partial charge in [-0.3, -0.25) is 4.99 Å². The van der Waals surface area contributed by atoms with E-state index in [1.807, 2.05) is 11.1 Å². The molecule has 2 heterocycles. The molecule has 0 bridgehead atoms. The van der Waals surface area contributed by atoms with E-state index in [0.29, 0.717) is 11.5 Å². The molecule has 2 aliphatic heterocycles. The SMILES string of the molecule is CCOC(=O)C1=CN2CCN=C2S1. The summed E-state index contributed by atoms with van der Waals surface area (Å²) in [6, 6.07) is 0. The number of ether oxygens (including phenoxy) is 1. The van der Waals surface area contributed by atoms with Gasteiger partial charge in [0.15, 0.2) is 5.17 Å². The number of carbonyl (C=O) groups is 1. The Kier molecular flexibility index (Phi) is 2.26. The second-order valence-corrected chi connectivity index (χ2v) is 3.68. The van der Waals surface area contributed by atoms with Gasteiger partial charge in [-0.15, -0.1) is 0 Å². The van der Waals surface area contributed by atoms with Gasteiger partial charge < -0.3 is 9.64 Å². The lowest BCUT2D eigenvalue weighted by molar-refractivity contribution is -0.137. The molecule has 0 aromatic carbocycles. The van der Waals surface area contributed by atoms with Crippen molar-refractivity contribution in [3.8, 4) is 0 Å². The van der Waals surface area contributed by atoms with E-state index in [1.165, 1.54) is 11.8 Å². The minimum absolute atomic E-state index is 0.246. The summed E-state index contributed by atoms with van der Waals surface area (Å²) in [5, 5.41) is 0.919. The van der Waals surface area contributed by atoms with E-state index in [1.54, 1.807) is 6.92 Å². The predicted octanol–water partition coefficient (Wildman–Crippen LogP) is 0.809. The monoisotopic (exact) mass is 198 g/mol. The number of esters is 1. The third-order valence-corrected chi connectivity index (χ3v) is 2.82. The molecule has 4 nitrogen and oxygen atoms in total. The molecule has 0 unspecified atom stereocenters. The number of nitrogens with zero attached hydrogens (tertiary/aromatic N) is 2. The van der Waals surface area contributed by atoms with Crippen LogP contribution in [-0.4, -0.2) is 35.7 Å². The number of rotatable bonds is 2. The number of aliphatic imine (C=N–C) groups is 1. The van der Waals surface area contributed by atoms with Crippen molar-refractivity contribution in [2.24, 2.45) is 4.99 Å². The van der Waals surface area contributed by atoms with E-state index < -0.39 is 0 Å². The van der Waals surface area contributed by atoms with Crippen molar-refractivity contribution >= 4 is 22.9 Å². The first-order valence-electron chi connectivity index (χ1n) is 4.19. The molecule has 0 amide bonds. The van der Waals surface area contributed by atoms with Crippen molar-refractivity contribution in [3.63, 3.8) is 0 Å². The van der Waals surface area contributed by atoms with Gasteiger partial charge in [-0.25, -0.2) is 4.79 Å². The summed E-state index contributed by atoms with van der Waals surface area (Å²) in [4.78, 5) is 18.1. The highest BCUT2D eigenvalue weighted by atomic mass is 32.2. The zero-order valence-electron chi connectivity index (χ0n) is 7.32. The van der Waals surface area contributed by atoms with Crippen molar-refractivity contribution in [2.45, 2.75) is 6.92 Å². The molecule has 70 valence electrons. The molecular formula is C8H10N2O2S. The van der Waals surface area contributed by atoms with Gasteiger partial charge in [-0.2, -0.15) is 0 Å². The van der Waals surface area contributed by atoms with Crippen LogP contribution in [0.4, 0.5) is 0 Å². The van der Waals surface area contributed by atoms with E-state index in [0.717, 1.165) is 18.3 Å². The highest BCUT2D eigenvalue weighted by Gasteiger charge is 2.28. The molecule has 0 spiro atoms. The Hall–Kier alpha value is -0.970. The lowest BCUT2D eigenvalue weighted by Crippen LogP contribution is -2.14. The van der Waals surface area contributed by atoms with Gasteiger partial charge in [0.2, 0.25) is 0 Å². The average Bonchev–Trinajstić information content (AvgIpc) is 2.61. The van der Waals surface area contributed by atoms with Crippen molar-refractivity contribution in [1.29, 1.82) is 0 Å². The minimum Gasteiger partial charge on any atom is -0.462 e. The van der Waals surface area contributed by atoms with Crippen molar-refractivity contribution in [3.05, 3.63) is 11.1 Å². The molecule has 0 saturated heterocycles. The Labute approximate surface area is 80.6 Å². The average molecular weight is 198 g/mol. The molecular weight excluding hydrogens is 188 g/mol. The van der Waals surface area contributed by atoms with Gasteiger partial charge in [0, 0.05) is 12.7 Å². The van der Waals surface area contributed by atoms with Crippen molar-refractivity contribution in [2.75, 3.05) is 19.7 Å². The second kappa shape index (κ2) is 3.41. The molecule has 0 aromatic rings. The first-order chi connectivity index (χ1) is 6.31. The van der Waals surface area contributed by atoms with Gasteiger partial charge in [-0.1, -0.05) is 0 Å². The maximum atomic E-state index is 11.3. The minimum atomic E-state index is -0.246. The lowest BCUT2D eigenvalue weighted by atomic mass is 10.5. The zero-order chi connectivity index (χ0) is 9.26. The maximum Gasteiger partial charge on any atom is 0.346 e. The fourth-order valence-corrected chi connectivity index (χ4v) is 2.15. The normalized spacial score (nSPS) is 19.6. The molecule has 2 rings (SSSR count). The molecule has 0 N–H and O–H groups in total. The smallest absolute Gasteiger partial charge is 0.346 e. The van der Waals surface area contributed by atoms with Crippen molar-refractivity contribution in [1.82, 2.24) is 4.90 Å². The maximum absolute atomic E-state index is 11.3. The van der Waals surface area contributed by atoms with Gasteiger partial charge in [0.05, 0.1) is 13.2 Å². The van der Waals surface area contributed by atoms with Gasteiger partial charge in [0.1, 0.15) is 4.91 Å². The fourth-order valence-electron chi connectivity index (χ4n) is 1.21. The number of carbonyl (C=O) groups excluding carboxylic acids is 1. The largest absolute Gasteiger partial charge is 0.462 e. The molecule has 0 atom stereocenters. The Bertz CT molecular complexity index is 299. The van der Waals surface area contributed by atoms with Crippen LogP contribution < -0.4 is 0 Å². The van der Waals surface area contributed by atoms with Crippen molar-refractivity contribution < 1.29 is 9.53 Å². The Morgan fingerprint density at radius 1 is 1.85 bits per heavy atom. The van der Waals surface area contributed by atoms with E-state index in [-0.39, 0.29) is 5.97 Å². The van der Waals surface area contributed by atoms with E-state index in [4.69, 9.17) is 4.74 Å². The summed E-state index contributed by atoms with van der Waals surface area (Å²) in [6.07, 6.45) is 1.81. The lowest BCUT2D eigenvalue weighted by Gasteiger charge is -2.04. The van der Waals surface area contributed by atoms with Gasteiger partial charge >= 0.3 is 5.97 Å².